The van der Waals surface area contributed by atoms with Crippen molar-refractivity contribution in [1.29, 1.82) is 0 Å². The number of nitrogens with zero attached hydrogens (tertiary/aromatic N) is 7. The molecular formula is C19H26N8. The highest BCUT2D eigenvalue weighted by Crippen LogP contribution is 2.09. The van der Waals surface area contributed by atoms with Crippen LogP contribution in [0.2, 0.25) is 0 Å². The average Bonchev–Trinajstić information content (AvgIpc) is 3.35. The topological polar surface area (TPSA) is 76.2 Å². The van der Waals surface area contributed by atoms with Gasteiger partial charge in [-0.25, -0.2) is 4.68 Å². The van der Waals surface area contributed by atoms with Gasteiger partial charge in [-0.05, 0) is 12.1 Å². The summed E-state index contributed by atoms with van der Waals surface area (Å²) in [5, 5.41) is 15.9. The molecule has 8 heteroatoms. The van der Waals surface area contributed by atoms with E-state index in [4.69, 9.17) is 0 Å². The lowest BCUT2D eigenvalue weighted by atomic mass is 10.3. The molecule has 0 unspecified atom stereocenters. The summed E-state index contributed by atoms with van der Waals surface area (Å²) in [6.45, 7) is 4.36. The molecule has 0 aliphatic heterocycles. The highest BCUT2D eigenvalue weighted by molar-refractivity contribution is 5.79. The third-order valence-electron chi connectivity index (χ3n) is 4.30. The first-order valence-corrected chi connectivity index (χ1v) is 9.08. The Morgan fingerprint density at radius 1 is 1.26 bits per heavy atom. The Morgan fingerprint density at radius 2 is 2.07 bits per heavy atom. The molecule has 27 heavy (non-hydrogen) atoms. The molecule has 0 bridgehead atoms. The highest BCUT2D eigenvalue weighted by atomic mass is 15.3. The van der Waals surface area contributed by atoms with E-state index in [1.165, 1.54) is 0 Å². The number of aromatic nitrogens is 5. The molecule has 2 heterocycles. The van der Waals surface area contributed by atoms with Gasteiger partial charge in [0.1, 0.15) is 12.2 Å². The Balaban J connectivity index is 1.54. The molecule has 0 fully saturated rings. The summed E-state index contributed by atoms with van der Waals surface area (Å²) in [5.41, 5.74) is 2.17. The van der Waals surface area contributed by atoms with E-state index in [1.54, 1.807) is 13.4 Å². The molecule has 0 saturated heterocycles. The average molecular weight is 366 g/mol. The van der Waals surface area contributed by atoms with Crippen molar-refractivity contribution in [3.05, 3.63) is 60.4 Å². The number of benzene rings is 1. The van der Waals surface area contributed by atoms with E-state index < -0.39 is 0 Å². The van der Waals surface area contributed by atoms with Crippen LogP contribution in [-0.4, -0.2) is 56.0 Å². The quantitative estimate of drug-likeness (QED) is 0.509. The van der Waals surface area contributed by atoms with Crippen LogP contribution >= 0.6 is 0 Å². The molecule has 8 nitrogen and oxygen atoms in total. The molecule has 0 aliphatic carbocycles. The third kappa shape index (κ3) is 4.72. The Hall–Kier alpha value is -3.16. The minimum absolute atomic E-state index is 0.722. The van der Waals surface area contributed by atoms with Crippen LogP contribution in [0.15, 0.2) is 54.0 Å². The van der Waals surface area contributed by atoms with Crippen molar-refractivity contribution in [1.82, 2.24) is 34.8 Å². The van der Waals surface area contributed by atoms with E-state index in [0.717, 1.165) is 49.1 Å². The molecule has 0 spiro atoms. The van der Waals surface area contributed by atoms with Crippen LogP contribution in [0.1, 0.15) is 18.3 Å². The number of nitrogens with one attached hydrogen (secondary N) is 1. The van der Waals surface area contributed by atoms with Crippen LogP contribution in [0, 0.1) is 0 Å². The van der Waals surface area contributed by atoms with Gasteiger partial charge in [0.2, 0.25) is 0 Å². The van der Waals surface area contributed by atoms with Crippen molar-refractivity contribution >= 4 is 5.96 Å². The van der Waals surface area contributed by atoms with Crippen molar-refractivity contribution < 1.29 is 0 Å². The van der Waals surface area contributed by atoms with Gasteiger partial charge in [-0.2, -0.15) is 5.10 Å². The van der Waals surface area contributed by atoms with Gasteiger partial charge in [0.25, 0.3) is 0 Å². The number of aliphatic imine (C=N–C) groups is 1. The predicted molar refractivity (Wildman–Crippen MR) is 106 cm³/mol. The molecule has 0 aliphatic rings. The molecule has 0 amide bonds. The molecule has 0 radical (unpaired) electrons. The number of para-hydroxylation sites is 1. The molecule has 3 rings (SSSR count). The molecule has 3 aromatic rings. The van der Waals surface area contributed by atoms with Crippen LogP contribution in [0.5, 0.6) is 0 Å². The van der Waals surface area contributed by atoms with Gasteiger partial charge in [0, 0.05) is 51.9 Å². The van der Waals surface area contributed by atoms with E-state index in [1.807, 2.05) is 54.5 Å². The van der Waals surface area contributed by atoms with E-state index >= 15 is 0 Å². The van der Waals surface area contributed by atoms with Crippen LogP contribution in [-0.2, 0) is 19.5 Å². The predicted octanol–water partition coefficient (Wildman–Crippen LogP) is 1.73. The SMILES string of the molecule is CCc1nncn1CCNC(=NC)N(C)Cc1cnn(-c2ccccc2)c1. The maximum Gasteiger partial charge on any atom is 0.193 e. The molecule has 0 atom stereocenters. The van der Waals surface area contributed by atoms with Crippen molar-refractivity contribution in [2.75, 3.05) is 20.6 Å². The highest BCUT2D eigenvalue weighted by Gasteiger charge is 2.09. The van der Waals surface area contributed by atoms with Gasteiger partial charge in [0.15, 0.2) is 5.96 Å². The minimum Gasteiger partial charge on any atom is -0.354 e. The van der Waals surface area contributed by atoms with E-state index in [-0.39, 0.29) is 0 Å². The largest absolute Gasteiger partial charge is 0.354 e. The lowest BCUT2D eigenvalue weighted by Gasteiger charge is -2.21. The smallest absolute Gasteiger partial charge is 0.193 e. The molecule has 1 aromatic carbocycles. The fraction of sp³-hybridized carbons (Fsp3) is 0.368. The molecule has 2 aromatic heterocycles. The van der Waals surface area contributed by atoms with Crippen molar-refractivity contribution in [3.8, 4) is 5.69 Å². The van der Waals surface area contributed by atoms with Gasteiger partial charge in [-0.1, -0.05) is 25.1 Å². The fourth-order valence-electron chi connectivity index (χ4n) is 2.92. The molecule has 142 valence electrons. The summed E-state index contributed by atoms with van der Waals surface area (Å²) < 4.78 is 3.95. The van der Waals surface area contributed by atoms with Crippen molar-refractivity contribution in [3.63, 3.8) is 0 Å². The van der Waals surface area contributed by atoms with E-state index in [9.17, 15) is 0 Å². The summed E-state index contributed by atoms with van der Waals surface area (Å²) in [7, 11) is 3.81. The number of rotatable bonds is 7. The van der Waals surface area contributed by atoms with Gasteiger partial charge >= 0.3 is 0 Å². The normalized spacial score (nSPS) is 11.6. The monoisotopic (exact) mass is 366 g/mol. The number of guanidine groups is 1. The summed E-state index contributed by atoms with van der Waals surface area (Å²) >= 11 is 0. The first kappa shape index (κ1) is 18.6. The first-order chi connectivity index (χ1) is 13.2. The summed E-state index contributed by atoms with van der Waals surface area (Å²) in [6, 6.07) is 10.1. The van der Waals surface area contributed by atoms with E-state index in [2.05, 4.69) is 42.0 Å². The van der Waals surface area contributed by atoms with Gasteiger partial charge in [-0.3, -0.25) is 4.99 Å². The maximum atomic E-state index is 4.45. The van der Waals surface area contributed by atoms with Crippen molar-refractivity contribution in [2.45, 2.75) is 26.4 Å². The zero-order chi connectivity index (χ0) is 19.1. The molecular weight excluding hydrogens is 340 g/mol. The standard InChI is InChI=1S/C19H26N8/c1-4-18-24-22-15-26(18)11-10-21-19(20-2)25(3)13-16-12-23-27(14-16)17-8-6-5-7-9-17/h5-9,12,14-15H,4,10-11,13H2,1-3H3,(H,20,21). The van der Waals surface area contributed by atoms with E-state index in [0.29, 0.717) is 0 Å². The number of aryl methyl sites for hydroxylation is 1. The Bertz CT molecular complexity index is 865. The van der Waals surface area contributed by atoms with Gasteiger partial charge in [-0.15, -0.1) is 10.2 Å². The zero-order valence-electron chi connectivity index (χ0n) is 16.1. The second-order valence-electron chi connectivity index (χ2n) is 6.25. The summed E-state index contributed by atoms with van der Waals surface area (Å²) in [6.07, 6.45) is 6.58. The Kier molecular flexibility index (Phi) is 6.19. The second kappa shape index (κ2) is 8.98. The third-order valence-corrected chi connectivity index (χ3v) is 4.30. The lowest BCUT2D eigenvalue weighted by molar-refractivity contribution is 0.472. The number of hydrogen-bond donors (Lipinski definition) is 1. The first-order valence-electron chi connectivity index (χ1n) is 9.08. The number of hydrogen-bond acceptors (Lipinski definition) is 4. The fourth-order valence-corrected chi connectivity index (χ4v) is 2.92. The Labute approximate surface area is 159 Å². The molecule has 1 N–H and O–H groups in total. The van der Waals surface area contributed by atoms with Crippen LogP contribution < -0.4 is 5.32 Å². The van der Waals surface area contributed by atoms with Gasteiger partial charge in [0.05, 0.1) is 11.9 Å². The van der Waals surface area contributed by atoms with Crippen LogP contribution in [0.25, 0.3) is 5.69 Å². The minimum atomic E-state index is 0.722. The maximum absolute atomic E-state index is 4.45. The lowest BCUT2D eigenvalue weighted by Crippen LogP contribution is -2.39. The zero-order valence-corrected chi connectivity index (χ0v) is 16.1. The van der Waals surface area contributed by atoms with Crippen LogP contribution in [0.3, 0.4) is 0 Å². The van der Waals surface area contributed by atoms with Crippen LogP contribution in [0.4, 0.5) is 0 Å². The molecule has 0 saturated carbocycles. The van der Waals surface area contributed by atoms with Gasteiger partial charge < -0.3 is 14.8 Å². The Morgan fingerprint density at radius 3 is 2.81 bits per heavy atom. The van der Waals surface area contributed by atoms with Crippen molar-refractivity contribution in [2.24, 2.45) is 4.99 Å². The summed E-state index contributed by atoms with van der Waals surface area (Å²) in [5.74, 6) is 1.84. The second-order valence-corrected chi connectivity index (χ2v) is 6.25. The summed E-state index contributed by atoms with van der Waals surface area (Å²) in [4.78, 5) is 6.46.